The van der Waals surface area contributed by atoms with Crippen molar-refractivity contribution >= 4 is 29.2 Å². The molecule has 2 atom stereocenters. The molecule has 9 nitrogen and oxygen atoms in total. The van der Waals surface area contributed by atoms with Gasteiger partial charge in [-0.25, -0.2) is 5.01 Å². The molecular formula is C23H19N3O6. The van der Waals surface area contributed by atoms with E-state index in [1.165, 1.54) is 12.1 Å². The summed E-state index contributed by atoms with van der Waals surface area (Å²) in [4.78, 5) is 62.6. The lowest BCUT2D eigenvalue weighted by molar-refractivity contribution is -0.384. The van der Waals surface area contributed by atoms with E-state index < -0.39 is 46.8 Å². The zero-order valence-corrected chi connectivity index (χ0v) is 16.9. The van der Waals surface area contributed by atoms with E-state index in [0.717, 1.165) is 22.2 Å². The molecule has 0 radical (unpaired) electrons. The van der Waals surface area contributed by atoms with Crippen LogP contribution in [-0.2, 0) is 9.59 Å². The van der Waals surface area contributed by atoms with Crippen LogP contribution in [0.4, 0.5) is 5.69 Å². The SMILES string of the molecule is O=C(CN(C(=O)c1ccc([N+](=O)[O-])cc1)N1C(=O)[C@H]2CC=CC[C@H]2C1=O)c1ccccc1. The monoisotopic (exact) mass is 433 g/mol. The Kier molecular flexibility index (Phi) is 5.63. The normalized spacial score (nSPS) is 19.6. The van der Waals surface area contributed by atoms with Crippen molar-refractivity contribution in [2.45, 2.75) is 12.8 Å². The van der Waals surface area contributed by atoms with Crippen molar-refractivity contribution < 1.29 is 24.1 Å². The van der Waals surface area contributed by atoms with Gasteiger partial charge in [0.2, 0.25) is 0 Å². The molecule has 2 aliphatic rings. The number of benzene rings is 2. The van der Waals surface area contributed by atoms with Crippen LogP contribution in [0.25, 0.3) is 0 Å². The summed E-state index contributed by atoms with van der Waals surface area (Å²) in [6.45, 7) is -0.524. The minimum Gasteiger partial charge on any atom is -0.292 e. The van der Waals surface area contributed by atoms with Gasteiger partial charge >= 0.3 is 0 Å². The summed E-state index contributed by atoms with van der Waals surface area (Å²) in [6, 6.07) is 13.0. The molecule has 2 aromatic rings. The second kappa shape index (κ2) is 8.54. The lowest BCUT2D eigenvalue weighted by atomic mass is 9.85. The molecule has 2 aromatic carbocycles. The van der Waals surface area contributed by atoms with Gasteiger partial charge in [0.25, 0.3) is 23.4 Å². The Morgan fingerprint density at radius 1 is 0.906 bits per heavy atom. The van der Waals surface area contributed by atoms with Crippen LogP contribution >= 0.6 is 0 Å². The van der Waals surface area contributed by atoms with Gasteiger partial charge in [0.1, 0.15) is 6.54 Å². The first kappa shape index (κ1) is 21.1. The average Bonchev–Trinajstić information content (AvgIpc) is 3.07. The van der Waals surface area contributed by atoms with Crippen LogP contribution in [0.2, 0.25) is 0 Å². The van der Waals surface area contributed by atoms with Crippen LogP contribution in [0.15, 0.2) is 66.7 Å². The quantitative estimate of drug-likeness (QED) is 0.227. The zero-order chi connectivity index (χ0) is 22.8. The van der Waals surface area contributed by atoms with Crippen molar-refractivity contribution in [1.82, 2.24) is 10.0 Å². The van der Waals surface area contributed by atoms with Crippen molar-refractivity contribution in [2.75, 3.05) is 6.54 Å². The number of hydrogen-bond acceptors (Lipinski definition) is 6. The van der Waals surface area contributed by atoms with Crippen LogP contribution < -0.4 is 0 Å². The summed E-state index contributed by atoms with van der Waals surface area (Å²) < 4.78 is 0. The smallest absolute Gasteiger partial charge is 0.273 e. The van der Waals surface area contributed by atoms with Crippen molar-refractivity contribution in [3.63, 3.8) is 0 Å². The molecule has 9 heteroatoms. The summed E-state index contributed by atoms with van der Waals surface area (Å²) in [5.74, 6) is -3.43. The maximum atomic E-state index is 13.3. The van der Waals surface area contributed by atoms with Gasteiger partial charge in [-0.15, -0.1) is 0 Å². The number of rotatable bonds is 6. The number of non-ortho nitro benzene ring substituents is 1. The van der Waals surface area contributed by atoms with Gasteiger partial charge in [-0.05, 0) is 25.0 Å². The minimum atomic E-state index is -0.766. The fourth-order valence-corrected chi connectivity index (χ4v) is 3.98. The maximum absolute atomic E-state index is 13.3. The Labute approximate surface area is 183 Å². The van der Waals surface area contributed by atoms with Crippen LogP contribution in [0, 0.1) is 22.0 Å². The third-order valence-corrected chi connectivity index (χ3v) is 5.67. The summed E-state index contributed by atoms with van der Waals surface area (Å²) in [5, 5.41) is 12.6. The van der Waals surface area contributed by atoms with Crippen molar-refractivity contribution in [2.24, 2.45) is 11.8 Å². The molecule has 3 amide bonds. The number of nitro benzene ring substituents is 1. The minimum absolute atomic E-state index is 0.0186. The highest BCUT2D eigenvalue weighted by Crippen LogP contribution is 2.36. The Morgan fingerprint density at radius 2 is 1.47 bits per heavy atom. The van der Waals surface area contributed by atoms with E-state index in [1.54, 1.807) is 30.3 Å². The topological polar surface area (TPSA) is 118 Å². The number of carbonyl (C=O) groups is 4. The van der Waals surface area contributed by atoms with Gasteiger partial charge in [0, 0.05) is 23.3 Å². The molecule has 1 fully saturated rings. The largest absolute Gasteiger partial charge is 0.292 e. The number of allylic oxidation sites excluding steroid dienone is 2. The fraction of sp³-hybridized carbons (Fsp3) is 0.217. The first-order valence-corrected chi connectivity index (χ1v) is 10.1. The lowest BCUT2D eigenvalue weighted by Crippen LogP contribution is -2.52. The van der Waals surface area contributed by atoms with E-state index >= 15 is 0 Å². The molecule has 0 unspecified atom stereocenters. The number of Topliss-reactive ketones (excluding diaryl/α,β-unsaturated/α-hetero) is 1. The van der Waals surface area contributed by atoms with Crippen molar-refractivity contribution in [3.8, 4) is 0 Å². The van der Waals surface area contributed by atoms with E-state index in [0.29, 0.717) is 18.4 Å². The van der Waals surface area contributed by atoms with E-state index in [1.807, 2.05) is 12.2 Å². The summed E-state index contributed by atoms with van der Waals surface area (Å²) in [6.07, 6.45) is 4.43. The molecule has 32 heavy (non-hydrogen) atoms. The Balaban J connectivity index is 1.69. The molecule has 1 aliphatic carbocycles. The van der Waals surface area contributed by atoms with Gasteiger partial charge in [-0.1, -0.05) is 42.5 Å². The molecule has 0 bridgehead atoms. The Bertz CT molecular complexity index is 1100. The molecule has 162 valence electrons. The Morgan fingerprint density at radius 3 is 2.00 bits per heavy atom. The van der Waals surface area contributed by atoms with E-state index in [-0.39, 0.29) is 11.3 Å². The number of carbonyl (C=O) groups excluding carboxylic acids is 4. The van der Waals surface area contributed by atoms with Gasteiger partial charge in [0.05, 0.1) is 16.8 Å². The second-order valence-corrected chi connectivity index (χ2v) is 7.60. The molecular weight excluding hydrogens is 414 g/mol. The average molecular weight is 433 g/mol. The van der Waals surface area contributed by atoms with Gasteiger partial charge in [0.15, 0.2) is 5.78 Å². The number of imide groups is 1. The lowest BCUT2D eigenvalue weighted by Gasteiger charge is -2.30. The number of hydrazine groups is 1. The summed E-state index contributed by atoms with van der Waals surface area (Å²) >= 11 is 0. The van der Waals surface area contributed by atoms with E-state index in [2.05, 4.69) is 0 Å². The first-order chi connectivity index (χ1) is 15.4. The standard InChI is InChI=1S/C23H19N3O6/c27-20(15-6-2-1-3-7-15)14-24(21(28)16-10-12-17(13-11-16)26(31)32)25-22(29)18-8-4-5-9-19(18)23(25)30/h1-7,10-13,18-19H,8-9,14H2/t18-,19+. The molecule has 1 saturated heterocycles. The third kappa shape index (κ3) is 3.80. The number of ketones is 1. The molecule has 0 saturated carbocycles. The van der Waals surface area contributed by atoms with Crippen LogP contribution in [0.5, 0.6) is 0 Å². The molecule has 1 heterocycles. The van der Waals surface area contributed by atoms with E-state index in [4.69, 9.17) is 0 Å². The molecule has 0 N–H and O–H groups in total. The molecule has 1 aliphatic heterocycles. The summed E-state index contributed by atoms with van der Waals surface area (Å²) in [7, 11) is 0. The van der Waals surface area contributed by atoms with Gasteiger partial charge < -0.3 is 0 Å². The highest BCUT2D eigenvalue weighted by Gasteiger charge is 2.51. The number of fused-ring (bicyclic) bond motifs is 1. The predicted molar refractivity (Wildman–Crippen MR) is 112 cm³/mol. The molecule has 4 rings (SSSR count). The van der Waals surface area contributed by atoms with Crippen LogP contribution in [0.3, 0.4) is 0 Å². The predicted octanol–water partition coefficient (Wildman–Crippen LogP) is 2.79. The van der Waals surface area contributed by atoms with Gasteiger partial charge in [-0.3, -0.25) is 29.3 Å². The molecule has 0 spiro atoms. The third-order valence-electron chi connectivity index (χ3n) is 5.67. The number of hydrogen-bond donors (Lipinski definition) is 0. The Hall–Kier alpha value is -4.14. The number of amides is 3. The second-order valence-electron chi connectivity index (χ2n) is 7.60. The number of nitro groups is 1. The fourth-order valence-electron chi connectivity index (χ4n) is 3.98. The highest BCUT2D eigenvalue weighted by molar-refractivity contribution is 6.09. The van der Waals surface area contributed by atoms with E-state index in [9.17, 15) is 29.3 Å². The van der Waals surface area contributed by atoms with Gasteiger partial charge in [-0.2, -0.15) is 5.01 Å². The highest BCUT2D eigenvalue weighted by atomic mass is 16.6. The van der Waals surface area contributed by atoms with Crippen LogP contribution in [-0.4, -0.2) is 45.0 Å². The first-order valence-electron chi connectivity index (χ1n) is 10.1. The van der Waals surface area contributed by atoms with Crippen molar-refractivity contribution in [3.05, 3.63) is 88.0 Å². The van der Waals surface area contributed by atoms with Crippen LogP contribution in [0.1, 0.15) is 33.6 Å². The maximum Gasteiger partial charge on any atom is 0.273 e. The zero-order valence-electron chi connectivity index (χ0n) is 16.9. The summed E-state index contributed by atoms with van der Waals surface area (Å²) in [5.41, 5.74) is 0.135. The number of nitrogens with zero attached hydrogens (tertiary/aromatic N) is 3. The van der Waals surface area contributed by atoms with Crippen molar-refractivity contribution in [1.29, 1.82) is 0 Å². The molecule has 0 aromatic heterocycles.